The molecule has 1 atom stereocenters. The first-order valence-corrected chi connectivity index (χ1v) is 6.59. The van der Waals surface area contributed by atoms with Gasteiger partial charge in [-0.3, -0.25) is 0 Å². The van der Waals surface area contributed by atoms with Crippen LogP contribution < -0.4 is 10.1 Å². The molecule has 3 nitrogen and oxygen atoms in total. The van der Waals surface area contributed by atoms with Gasteiger partial charge in [-0.1, -0.05) is 12.1 Å². The average Bonchev–Trinajstić information content (AvgIpc) is 2.32. The number of benzene rings is 1. The SMILES string of the molecule is CC(NCC1(O)CCC1)c1ccc(OC(F)(F)F)cc1. The van der Waals surface area contributed by atoms with Crippen molar-refractivity contribution >= 4 is 0 Å². The number of rotatable bonds is 5. The third-order valence-corrected chi connectivity index (χ3v) is 3.64. The molecule has 112 valence electrons. The smallest absolute Gasteiger partial charge is 0.406 e. The van der Waals surface area contributed by atoms with Crippen molar-refractivity contribution in [3.8, 4) is 5.75 Å². The Morgan fingerprint density at radius 3 is 2.35 bits per heavy atom. The van der Waals surface area contributed by atoms with E-state index in [4.69, 9.17) is 0 Å². The Bertz CT molecular complexity index is 441. The van der Waals surface area contributed by atoms with Crippen LogP contribution in [0.4, 0.5) is 13.2 Å². The minimum absolute atomic E-state index is 0.0421. The van der Waals surface area contributed by atoms with E-state index >= 15 is 0 Å². The predicted molar refractivity (Wildman–Crippen MR) is 68.3 cm³/mol. The first-order chi connectivity index (χ1) is 9.27. The van der Waals surface area contributed by atoms with Gasteiger partial charge in [0.05, 0.1) is 5.60 Å². The maximum Gasteiger partial charge on any atom is 0.573 e. The summed E-state index contributed by atoms with van der Waals surface area (Å²) in [7, 11) is 0. The topological polar surface area (TPSA) is 41.5 Å². The van der Waals surface area contributed by atoms with Crippen LogP contribution in [0.2, 0.25) is 0 Å². The van der Waals surface area contributed by atoms with Gasteiger partial charge in [0.15, 0.2) is 0 Å². The average molecular weight is 289 g/mol. The highest BCUT2D eigenvalue weighted by Crippen LogP contribution is 2.31. The largest absolute Gasteiger partial charge is 0.573 e. The van der Waals surface area contributed by atoms with Crippen LogP contribution >= 0.6 is 0 Å². The first kappa shape index (κ1) is 15.1. The van der Waals surface area contributed by atoms with E-state index in [1.54, 1.807) is 12.1 Å². The van der Waals surface area contributed by atoms with Crippen LogP contribution in [0.25, 0.3) is 0 Å². The Morgan fingerprint density at radius 1 is 1.30 bits per heavy atom. The fraction of sp³-hybridized carbons (Fsp3) is 0.571. The molecule has 0 aliphatic heterocycles. The van der Waals surface area contributed by atoms with E-state index in [2.05, 4.69) is 10.1 Å². The summed E-state index contributed by atoms with van der Waals surface area (Å²) >= 11 is 0. The summed E-state index contributed by atoms with van der Waals surface area (Å²) in [4.78, 5) is 0. The molecule has 0 radical (unpaired) electrons. The van der Waals surface area contributed by atoms with Crippen LogP contribution in [0.1, 0.15) is 37.8 Å². The zero-order chi connectivity index (χ0) is 14.8. The molecule has 1 fully saturated rings. The van der Waals surface area contributed by atoms with Crippen molar-refractivity contribution in [3.63, 3.8) is 0 Å². The molecule has 20 heavy (non-hydrogen) atoms. The molecule has 0 aromatic heterocycles. The number of halogens is 3. The van der Waals surface area contributed by atoms with E-state index in [0.717, 1.165) is 24.8 Å². The zero-order valence-electron chi connectivity index (χ0n) is 11.2. The Hall–Kier alpha value is -1.27. The Balaban J connectivity index is 1.88. The van der Waals surface area contributed by atoms with E-state index in [1.807, 2.05) is 6.92 Å². The van der Waals surface area contributed by atoms with Crippen LogP contribution in [0, 0.1) is 0 Å². The van der Waals surface area contributed by atoms with Crippen molar-refractivity contribution in [1.29, 1.82) is 0 Å². The van der Waals surface area contributed by atoms with Crippen LogP contribution in [0.5, 0.6) is 5.75 Å². The second-order valence-electron chi connectivity index (χ2n) is 5.30. The fourth-order valence-corrected chi connectivity index (χ4v) is 2.18. The van der Waals surface area contributed by atoms with Crippen molar-refractivity contribution in [3.05, 3.63) is 29.8 Å². The van der Waals surface area contributed by atoms with Gasteiger partial charge in [-0.05, 0) is 43.9 Å². The summed E-state index contributed by atoms with van der Waals surface area (Å²) in [5.41, 5.74) is 0.232. The highest BCUT2D eigenvalue weighted by molar-refractivity contribution is 5.29. The minimum Gasteiger partial charge on any atom is -0.406 e. The van der Waals surface area contributed by atoms with Gasteiger partial charge in [0.25, 0.3) is 0 Å². The van der Waals surface area contributed by atoms with Gasteiger partial charge < -0.3 is 15.2 Å². The first-order valence-electron chi connectivity index (χ1n) is 6.59. The molecule has 1 aliphatic carbocycles. The number of aliphatic hydroxyl groups is 1. The maximum absolute atomic E-state index is 12.0. The molecule has 0 spiro atoms. The van der Waals surface area contributed by atoms with Crippen LogP contribution in [0.3, 0.4) is 0 Å². The van der Waals surface area contributed by atoms with Crippen LogP contribution in [-0.2, 0) is 0 Å². The summed E-state index contributed by atoms with van der Waals surface area (Å²) in [6, 6.07) is 5.71. The lowest BCUT2D eigenvalue weighted by Gasteiger charge is -2.37. The summed E-state index contributed by atoms with van der Waals surface area (Å²) in [5.74, 6) is -0.230. The maximum atomic E-state index is 12.0. The number of hydrogen-bond donors (Lipinski definition) is 2. The molecule has 0 heterocycles. The third kappa shape index (κ3) is 4.11. The molecular formula is C14H18F3NO2. The number of alkyl halides is 3. The second kappa shape index (κ2) is 5.61. The van der Waals surface area contributed by atoms with Crippen LogP contribution in [0.15, 0.2) is 24.3 Å². The molecule has 0 saturated heterocycles. The van der Waals surface area contributed by atoms with Gasteiger partial charge in [-0.25, -0.2) is 0 Å². The highest BCUT2D eigenvalue weighted by atomic mass is 19.4. The third-order valence-electron chi connectivity index (χ3n) is 3.64. The monoisotopic (exact) mass is 289 g/mol. The minimum atomic E-state index is -4.67. The number of nitrogens with one attached hydrogen (secondary N) is 1. The summed E-state index contributed by atoms with van der Waals surface area (Å²) in [5, 5.41) is 13.2. The standard InChI is InChI=1S/C14H18F3NO2/c1-10(18-9-13(19)7-2-8-13)11-3-5-12(6-4-11)20-14(15,16)17/h3-6,10,18-19H,2,7-9H2,1H3. The van der Waals surface area contributed by atoms with E-state index in [9.17, 15) is 18.3 Å². The fourth-order valence-electron chi connectivity index (χ4n) is 2.18. The van der Waals surface area contributed by atoms with E-state index in [0.29, 0.717) is 6.54 Å². The lowest BCUT2D eigenvalue weighted by atomic mass is 9.80. The van der Waals surface area contributed by atoms with E-state index < -0.39 is 12.0 Å². The lowest BCUT2D eigenvalue weighted by Crippen LogP contribution is -2.46. The van der Waals surface area contributed by atoms with E-state index in [-0.39, 0.29) is 11.8 Å². The molecule has 0 bridgehead atoms. The summed E-state index contributed by atoms with van der Waals surface area (Å²) < 4.78 is 39.9. The van der Waals surface area contributed by atoms with Crippen molar-refractivity contribution < 1.29 is 23.0 Å². The quantitative estimate of drug-likeness (QED) is 0.875. The molecule has 1 saturated carbocycles. The highest BCUT2D eigenvalue weighted by Gasteiger charge is 2.34. The number of ether oxygens (including phenoxy) is 1. The lowest BCUT2D eigenvalue weighted by molar-refractivity contribution is -0.274. The summed E-state index contributed by atoms with van der Waals surface area (Å²) in [6.45, 7) is 2.40. The predicted octanol–water partition coefficient (Wildman–Crippen LogP) is 3.15. The number of hydrogen-bond acceptors (Lipinski definition) is 3. The Labute approximate surface area is 115 Å². The normalized spacial score (nSPS) is 19.2. The van der Waals surface area contributed by atoms with Crippen molar-refractivity contribution in [1.82, 2.24) is 5.32 Å². The van der Waals surface area contributed by atoms with Gasteiger partial charge in [0.1, 0.15) is 5.75 Å². The molecule has 6 heteroatoms. The molecule has 2 rings (SSSR count). The van der Waals surface area contributed by atoms with Gasteiger partial charge in [-0.2, -0.15) is 0 Å². The van der Waals surface area contributed by atoms with Gasteiger partial charge in [0.2, 0.25) is 0 Å². The van der Waals surface area contributed by atoms with E-state index in [1.165, 1.54) is 12.1 Å². The molecule has 0 amide bonds. The summed E-state index contributed by atoms with van der Waals surface area (Å²) in [6.07, 6.45) is -2.04. The molecule has 1 aromatic carbocycles. The van der Waals surface area contributed by atoms with Crippen LogP contribution in [-0.4, -0.2) is 23.6 Å². The van der Waals surface area contributed by atoms with Crippen molar-refractivity contribution in [2.24, 2.45) is 0 Å². The van der Waals surface area contributed by atoms with Gasteiger partial charge in [0, 0.05) is 12.6 Å². The molecule has 1 unspecified atom stereocenters. The molecular weight excluding hydrogens is 271 g/mol. The van der Waals surface area contributed by atoms with Crippen molar-refractivity contribution in [2.75, 3.05) is 6.54 Å². The molecule has 1 aliphatic rings. The Morgan fingerprint density at radius 2 is 1.90 bits per heavy atom. The van der Waals surface area contributed by atoms with Gasteiger partial charge >= 0.3 is 6.36 Å². The second-order valence-corrected chi connectivity index (χ2v) is 5.30. The van der Waals surface area contributed by atoms with Crippen molar-refractivity contribution in [2.45, 2.75) is 44.2 Å². The molecule has 1 aromatic rings. The zero-order valence-corrected chi connectivity index (χ0v) is 11.2. The molecule has 2 N–H and O–H groups in total. The van der Waals surface area contributed by atoms with Gasteiger partial charge in [-0.15, -0.1) is 13.2 Å². The Kier molecular flexibility index (Phi) is 4.25.